The molecule has 0 saturated heterocycles. The van der Waals surface area contributed by atoms with Crippen molar-refractivity contribution in [1.29, 1.82) is 0 Å². The van der Waals surface area contributed by atoms with Crippen molar-refractivity contribution in [2.45, 2.75) is 56.1 Å². The number of hydrogen-bond acceptors (Lipinski definition) is 6. The van der Waals surface area contributed by atoms with Crippen LogP contribution < -0.4 is 15.4 Å². The van der Waals surface area contributed by atoms with Crippen molar-refractivity contribution < 1.29 is 14.3 Å². The molecule has 10 heteroatoms. The summed E-state index contributed by atoms with van der Waals surface area (Å²) in [4.78, 5) is 17.2. The minimum Gasteiger partial charge on any atom is -0.497 e. The van der Waals surface area contributed by atoms with Crippen molar-refractivity contribution in [2.24, 2.45) is 17.8 Å². The molecule has 3 rings (SSSR count). The summed E-state index contributed by atoms with van der Waals surface area (Å²) in [5.74, 6) is 1.98. The number of anilines is 1. The molecule has 2 aromatic rings. The molecule has 1 fully saturated rings. The average Bonchev–Trinajstić information content (AvgIpc) is 3.08. The highest BCUT2D eigenvalue weighted by molar-refractivity contribution is 7.22. The zero-order valence-electron chi connectivity index (χ0n) is 18.0. The van der Waals surface area contributed by atoms with Crippen LogP contribution in [0.1, 0.15) is 40.0 Å². The third-order valence-corrected chi connectivity index (χ3v) is 7.28. The van der Waals surface area contributed by atoms with Gasteiger partial charge in [0.1, 0.15) is 11.9 Å². The van der Waals surface area contributed by atoms with Gasteiger partial charge in [-0.25, -0.2) is 9.78 Å². The maximum Gasteiger partial charge on any atom is 0.409 e. The van der Waals surface area contributed by atoms with Crippen molar-refractivity contribution in [3.05, 3.63) is 18.2 Å². The number of fused-ring (bicyclic) bond motifs is 1. The number of alkyl carbamates (subject to hydrolysis) is 1. The summed E-state index contributed by atoms with van der Waals surface area (Å²) in [5, 5.41) is 6.19. The molecular weight excluding hydrogens is 481 g/mol. The second kappa shape index (κ2) is 10.2. The number of halogens is 3. The molecule has 2 N–H and O–H groups in total. The number of benzene rings is 1. The Morgan fingerprint density at radius 3 is 2.68 bits per heavy atom. The fraction of sp³-hybridized carbons (Fsp3) is 0.619. The van der Waals surface area contributed by atoms with Gasteiger partial charge in [-0.15, -0.1) is 0 Å². The van der Waals surface area contributed by atoms with Gasteiger partial charge in [-0.1, -0.05) is 73.3 Å². The minimum absolute atomic E-state index is 0.158. The van der Waals surface area contributed by atoms with Crippen LogP contribution in [-0.4, -0.2) is 34.2 Å². The Morgan fingerprint density at radius 1 is 1.29 bits per heavy atom. The summed E-state index contributed by atoms with van der Waals surface area (Å²) in [6, 6.07) is 5.54. The smallest absolute Gasteiger partial charge is 0.409 e. The van der Waals surface area contributed by atoms with Crippen LogP contribution >= 0.6 is 46.1 Å². The molecule has 0 unspecified atom stereocenters. The number of alkyl halides is 3. The van der Waals surface area contributed by atoms with E-state index in [2.05, 4.69) is 36.4 Å². The normalized spacial score (nSPS) is 22.9. The third-order valence-electron chi connectivity index (χ3n) is 5.67. The topological polar surface area (TPSA) is 72.5 Å². The molecule has 1 amide bonds. The quantitative estimate of drug-likeness (QED) is 0.340. The zero-order chi connectivity index (χ0) is 22.8. The van der Waals surface area contributed by atoms with Crippen LogP contribution in [0.5, 0.6) is 5.75 Å². The van der Waals surface area contributed by atoms with Gasteiger partial charge in [0.25, 0.3) is 0 Å². The van der Waals surface area contributed by atoms with Crippen LogP contribution in [0, 0.1) is 17.8 Å². The van der Waals surface area contributed by atoms with Gasteiger partial charge in [-0.05, 0) is 48.8 Å². The first kappa shape index (κ1) is 24.5. The van der Waals surface area contributed by atoms with Crippen molar-refractivity contribution >= 4 is 67.6 Å². The predicted molar refractivity (Wildman–Crippen MR) is 129 cm³/mol. The Hall–Kier alpha value is -1.15. The molecule has 1 heterocycles. The molecule has 1 saturated carbocycles. The van der Waals surface area contributed by atoms with Gasteiger partial charge >= 0.3 is 6.09 Å². The first-order valence-electron chi connectivity index (χ1n) is 10.3. The minimum atomic E-state index is -1.81. The van der Waals surface area contributed by atoms with Crippen LogP contribution in [0.2, 0.25) is 0 Å². The predicted octanol–water partition coefficient (Wildman–Crippen LogP) is 6.60. The van der Waals surface area contributed by atoms with E-state index in [0.717, 1.165) is 35.2 Å². The van der Waals surface area contributed by atoms with E-state index in [9.17, 15) is 4.79 Å². The number of rotatable bonds is 6. The van der Waals surface area contributed by atoms with E-state index in [-0.39, 0.29) is 6.10 Å². The molecule has 0 aliphatic heterocycles. The van der Waals surface area contributed by atoms with Crippen LogP contribution in [-0.2, 0) is 4.74 Å². The first-order valence-corrected chi connectivity index (χ1v) is 12.3. The lowest BCUT2D eigenvalue weighted by atomic mass is 9.75. The maximum atomic E-state index is 12.7. The largest absolute Gasteiger partial charge is 0.497 e. The Bertz CT molecular complexity index is 903. The van der Waals surface area contributed by atoms with Gasteiger partial charge in [0, 0.05) is 0 Å². The maximum absolute atomic E-state index is 12.7. The van der Waals surface area contributed by atoms with E-state index in [4.69, 9.17) is 44.3 Å². The number of thiazole rings is 1. The van der Waals surface area contributed by atoms with E-state index < -0.39 is 16.1 Å². The number of amides is 1. The first-order chi connectivity index (χ1) is 14.6. The number of ether oxygens (including phenoxy) is 2. The number of nitrogens with one attached hydrogen (secondary N) is 2. The fourth-order valence-corrected chi connectivity index (χ4v) is 5.21. The SMILES string of the molecule is COc1ccc2nc(N[C@H](NC(=O)O[C@@H]3C[C@H](C)CC[C@@H]3C(C)C)C(Cl)(Cl)Cl)sc2c1. The fourth-order valence-electron chi connectivity index (χ4n) is 3.96. The van der Waals surface area contributed by atoms with Crippen LogP contribution in [0.3, 0.4) is 0 Å². The highest BCUT2D eigenvalue weighted by atomic mass is 35.6. The van der Waals surface area contributed by atoms with Crippen molar-refractivity contribution in [1.82, 2.24) is 10.3 Å². The molecule has 1 aromatic carbocycles. The molecule has 0 radical (unpaired) electrons. The second-order valence-corrected chi connectivity index (χ2v) is 11.8. The zero-order valence-corrected chi connectivity index (χ0v) is 21.0. The van der Waals surface area contributed by atoms with Crippen molar-refractivity contribution in [3.63, 3.8) is 0 Å². The third kappa shape index (κ3) is 6.44. The van der Waals surface area contributed by atoms with E-state index in [1.165, 1.54) is 11.3 Å². The summed E-state index contributed by atoms with van der Waals surface area (Å²) in [7, 11) is 1.60. The Kier molecular flexibility index (Phi) is 8.05. The summed E-state index contributed by atoms with van der Waals surface area (Å²) < 4.78 is 10.1. The molecular formula is C21H28Cl3N3O3S. The molecule has 1 aliphatic carbocycles. The molecule has 1 aromatic heterocycles. The Balaban J connectivity index is 1.70. The standard InChI is InChI=1S/C21H28Cl3N3O3S/c1-11(2)14-7-5-12(3)9-16(14)30-20(28)27-18(21(22,23)24)26-19-25-15-8-6-13(29-4)10-17(15)31-19/h6,8,10-12,14,16,18H,5,7,9H2,1-4H3,(H,25,26)(H,27,28)/t12-,14-,16-,18-/m1/s1. The monoisotopic (exact) mass is 507 g/mol. The van der Waals surface area contributed by atoms with Gasteiger partial charge in [0.2, 0.25) is 3.79 Å². The van der Waals surface area contributed by atoms with E-state index in [1.54, 1.807) is 7.11 Å². The van der Waals surface area contributed by atoms with Gasteiger partial charge < -0.3 is 14.8 Å². The number of nitrogens with zero attached hydrogens (tertiary/aromatic N) is 1. The number of carbonyl (C=O) groups excluding carboxylic acids is 1. The molecule has 0 bridgehead atoms. The van der Waals surface area contributed by atoms with E-state index in [1.807, 2.05) is 18.2 Å². The van der Waals surface area contributed by atoms with E-state index in [0.29, 0.717) is 22.9 Å². The van der Waals surface area contributed by atoms with Crippen molar-refractivity contribution in [2.75, 3.05) is 12.4 Å². The summed E-state index contributed by atoms with van der Waals surface area (Å²) in [5.41, 5.74) is 0.773. The summed E-state index contributed by atoms with van der Waals surface area (Å²) >= 11 is 19.8. The van der Waals surface area contributed by atoms with Crippen molar-refractivity contribution in [3.8, 4) is 5.75 Å². The van der Waals surface area contributed by atoms with Crippen LogP contribution in [0.15, 0.2) is 18.2 Å². The molecule has 172 valence electrons. The highest BCUT2D eigenvalue weighted by Crippen LogP contribution is 2.37. The van der Waals surface area contributed by atoms with Crippen LogP contribution in [0.4, 0.5) is 9.93 Å². The average molecular weight is 509 g/mol. The lowest BCUT2D eigenvalue weighted by Crippen LogP contribution is -2.50. The second-order valence-electron chi connectivity index (χ2n) is 8.39. The van der Waals surface area contributed by atoms with Crippen LogP contribution in [0.25, 0.3) is 10.2 Å². The number of aromatic nitrogens is 1. The molecule has 1 aliphatic rings. The summed E-state index contributed by atoms with van der Waals surface area (Å²) in [6.07, 6.45) is 1.22. The molecule has 31 heavy (non-hydrogen) atoms. The molecule has 0 spiro atoms. The lowest BCUT2D eigenvalue weighted by molar-refractivity contribution is 0.00534. The van der Waals surface area contributed by atoms with Gasteiger partial charge in [-0.2, -0.15) is 0 Å². The number of carbonyl (C=O) groups is 1. The number of methoxy groups -OCH3 is 1. The van der Waals surface area contributed by atoms with Gasteiger partial charge in [0.15, 0.2) is 11.3 Å². The summed E-state index contributed by atoms with van der Waals surface area (Å²) in [6.45, 7) is 6.49. The Morgan fingerprint density at radius 2 is 2.03 bits per heavy atom. The Labute approximate surface area is 201 Å². The number of hydrogen-bond donors (Lipinski definition) is 2. The lowest BCUT2D eigenvalue weighted by Gasteiger charge is -2.37. The van der Waals surface area contributed by atoms with E-state index >= 15 is 0 Å². The molecule has 4 atom stereocenters. The van der Waals surface area contributed by atoms with Gasteiger partial charge in [0.05, 0.1) is 17.3 Å². The molecule has 6 nitrogen and oxygen atoms in total. The van der Waals surface area contributed by atoms with Gasteiger partial charge in [-0.3, -0.25) is 5.32 Å². The highest BCUT2D eigenvalue weighted by Gasteiger charge is 2.38.